The highest BCUT2D eigenvalue weighted by molar-refractivity contribution is 6.01. The highest BCUT2D eigenvalue weighted by Crippen LogP contribution is 2.31. The van der Waals surface area contributed by atoms with Crippen molar-refractivity contribution in [1.82, 2.24) is 0 Å². The van der Waals surface area contributed by atoms with Crippen molar-refractivity contribution in [2.75, 3.05) is 7.11 Å². The van der Waals surface area contributed by atoms with Crippen molar-refractivity contribution < 1.29 is 14.3 Å². The summed E-state index contributed by atoms with van der Waals surface area (Å²) in [5, 5.41) is 9.57. The Morgan fingerprint density at radius 3 is 2.39 bits per heavy atom. The minimum atomic E-state index is -0.406. The molecule has 0 aliphatic carbocycles. The fraction of sp³-hybridized carbons (Fsp3) is 0.0769. The first-order valence-corrected chi connectivity index (χ1v) is 9.83. The van der Waals surface area contributed by atoms with E-state index in [-0.39, 0.29) is 5.84 Å². The summed E-state index contributed by atoms with van der Waals surface area (Å²) in [4.78, 5) is 12.4. The topological polar surface area (TPSA) is 85.4 Å². The van der Waals surface area contributed by atoms with Crippen LogP contribution in [0.5, 0.6) is 5.75 Å². The number of benzene rings is 4. The van der Waals surface area contributed by atoms with Crippen LogP contribution < -0.4 is 10.5 Å². The lowest BCUT2D eigenvalue weighted by molar-refractivity contribution is 0.0601. The number of nitrogen functional groups attached to an aromatic ring is 1. The van der Waals surface area contributed by atoms with E-state index in [0.29, 0.717) is 23.5 Å². The summed E-state index contributed by atoms with van der Waals surface area (Å²) >= 11 is 0. The normalized spacial score (nSPS) is 10.6. The molecule has 0 atom stereocenters. The number of methoxy groups -OCH3 is 1. The summed E-state index contributed by atoms with van der Waals surface area (Å²) in [5.74, 6) is 0.289. The molecule has 4 rings (SSSR count). The first-order valence-electron chi connectivity index (χ1n) is 9.83. The molecule has 0 aliphatic rings. The Balaban J connectivity index is 1.72. The van der Waals surface area contributed by atoms with Gasteiger partial charge in [-0.2, -0.15) is 0 Å². The predicted molar refractivity (Wildman–Crippen MR) is 123 cm³/mol. The number of carbonyl (C=O) groups is 1. The minimum Gasteiger partial charge on any atom is -0.489 e. The van der Waals surface area contributed by atoms with Crippen molar-refractivity contribution >= 4 is 22.6 Å². The second kappa shape index (κ2) is 8.71. The van der Waals surface area contributed by atoms with Crippen LogP contribution in [0.3, 0.4) is 0 Å². The molecule has 31 heavy (non-hydrogen) atoms. The quantitative estimate of drug-likeness (QED) is 0.261. The monoisotopic (exact) mass is 410 g/mol. The number of nitrogens with one attached hydrogen (secondary N) is 1. The molecule has 0 saturated carbocycles. The number of hydrogen-bond acceptors (Lipinski definition) is 4. The van der Waals surface area contributed by atoms with Crippen LogP contribution in [0, 0.1) is 5.41 Å². The average Bonchev–Trinajstić information content (AvgIpc) is 2.82. The Morgan fingerprint density at radius 2 is 1.65 bits per heavy atom. The van der Waals surface area contributed by atoms with Crippen molar-refractivity contribution in [3.63, 3.8) is 0 Å². The van der Waals surface area contributed by atoms with E-state index in [2.05, 4.69) is 0 Å². The van der Waals surface area contributed by atoms with Crippen LogP contribution in [0.25, 0.3) is 21.9 Å². The van der Waals surface area contributed by atoms with Crippen LogP contribution >= 0.6 is 0 Å². The average molecular weight is 410 g/mol. The zero-order valence-corrected chi connectivity index (χ0v) is 17.1. The van der Waals surface area contributed by atoms with E-state index in [4.69, 9.17) is 20.6 Å². The highest BCUT2D eigenvalue weighted by atomic mass is 16.5. The standard InChI is InChI=1S/C26H22N2O3/c1-30-26(29)23-12-11-22(31-16-17-5-3-2-4-6-17)15-24(23)20-9-7-19-14-21(25(27)28)10-8-18(19)13-20/h2-15H,16H2,1H3,(H3,27,28). The van der Waals surface area contributed by atoms with E-state index < -0.39 is 5.97 Å². The molecule has 4 aromatic carbocycles. The highest BCUT2D eigenvalue weighted by Gasteiger charge is 2.15. The number of nitrogens with two attached hydrogens (primary N) is 1. The van der Waals surface area contributed by atoms with Crippen LogP contribution in [-0.2, 0) is 11.3 Å². The van der Waals surface area contributed by atoms with Crippen LogP contribution in [0.15, 0.2) is 84.9 Å². The summed E-state index contributed by atoms with van der Waals surface area (Å²) in [5.41, 5.74) is 9.40. The maximum absolute atomic E-state index is 12.4. The molecule has 0 saturated heterocycles. The van der Waals surface area contributed by atoms with Gasteiger partial charge in [0, 0.05) is 5.56 Å². The van der Waals surface area contributed by atoms with Crippen molar-refractivity contribution in [2.24, 2.45) is 5.73 Å². The maximum atomic E-state index is 12.4. The van der Waals surface area contributed by atoms with Gasteiger partial charge in [0.1, 0.15) is 18.2 Å². The number of fused-ring (bicyclic) bond motifs is 1. The SMILES string of the molecule is COC(=O)c1ccc(OCc2ccccc2)cc1-c1ccc2cc(C(=N)N)ccc2c1. The first-order chi connectivity index (χ1) is 15.0. The third kappa shape index (κ3) is 4.41. The van der Waals surface area contributed by atoms with Gasteiger partial charge in [0.2, 0.25) is 0 Å². The zero-order chi connectivity index (χ0) is 21.8. The summed E-state index contributed by atoms with van der Waals surface area (Å²) in [7, 11) is 1.37. The third-order valence-corrected chi connectivity index (χ3v) is 5.11. The number of ether oxygens (including phenoxy) is 2. The lowest BCUT2D eigenvalue weighted by atomic mass is 9.96. The van der Waals surface area contributed by atoms with Gasteiger partial charge in [-0.1, -0.05) is 54.6 Å². The minimum absolute atomic E-state index is 0.0298. The third-order valence-electron chi connectivity index (χ3n) is 5.11. The maximum Gasteiger partial charge on any atom is 0.338 e. The van der Waals surface area contributed by atoms with Gasteiger partial charge in [0.05, 0.1) is 12.7 Å². The number of amidine groups is 1. The molecular formula is C26H22N2O3. The number of hydrogen-bond donors (Lipinski definition) is 2. The van der Waals surface area contributed by atoms with Gasteiger partial charge in [-0.05, 0) is 57.8 Å². The fourth-order valence-corrected chi connectivity index (χ4v) is 3.46. The summed E-state index contributed by atoms with van der Waals surface area (Å²) < 4.78 is 10.9. The largest absolute Gasteiger partial charge is 0.489 e. The Hall–Kier alpha value is -4.12. The van der Waals surface area contributed by atoms with Gasteiger partial charge in [0.25, 0.3) is 0 Å². The molecule has 0 fully saturated rings. The van der Waals surface area contributed by atoms with Crippen molar-refractivity contribution in [2.45, 2.75) is 6.61 Å². The predicted octanol–water partition coefficient (Wildman–Crippen LogP) is 5.16. The number of rotatable bonds is 6. The van der Waals surface area contributed by atoms with Crippen molar-refractivity contribution in [3.8, 4) is 16.9 Å². The van der Waals surface area contributed by atoms with E-state index in [0.717, 1.165) is 27.5 Å². The molecule has 5 nitrogen and oxygen atoms in total. The van der Waals surface area contributed by atoms with E-state index in [1.807, 2.05) is 72.8 Å². The molecule has 154 valence electrons. The molecule has 0 radical (unpaired) electrons. The van der Waals surface area contributed by atoms with Crippen LogP contribution in [-0.4, -0.2) is 18.9 Å². The van der Waals surface area contributed by atoms with E-state index in [1.165, 1.54) is 7.11 Å². The molecule has 4 aromatic rings. The molecule has 0 aliphatic heterocycles. The number of esters is 1. The second-order valence-electron chi connectivity index (χ2n) is 7.16. The Morgan fingerprint density at radius 1 is 0.903 bits per heavy atom. The lowest BCUT2D eigenvalue weighted by Crippen LogP contribution is -2.10. The molecule has 0 heterocycles. The van der Waals surface area contributed by atoms with Crippen LogP contribution in [0.2, 0.25) is 0 Å². The Labute approximate surface area is 180 Å². The Kier molecular flexibility index (Phi) is 5.67. The van der Waals surface area contributed by atoms with Gasteiger partial charge in [-0.25, -0.2) is 4.79 Å². The fourth-order valence-electron chi connectivity index (χ4n) is 3.46. The van der Waals surface area contributed by atoms with E-state index in [1.54, 1.807) is 12.1 Å². The van der Waals surface area contributed by atoms with Gasteiger partial charge in [0.15, 0.2) is 0 Å². The number of carbonyl (C=O) groups excluding carboxylic acids is 1. The van der Waals surface area contributed by atoms with Gasteiger partial charge in [-0.3, -0.25) is 5.41 Å². The molecule has 3 N–H and O–H groups in total. The first kappa shape index (κ1) is 20.2. The van der Waals surface area contributed by atoms with Gasteiger partial charge < -0.3 is 15.2 Å². The van der Waals surface area contributed by atoms with Crippen LogP contribution in [0.1, 0.15) is 21.5 Å². The molecule has 0 amide bonds. The summed E-state index contributed by atoms with van der Waals surface area (Å²) in [6.45, 7) is 0.434. The molecule has 5 heteroatoms. The van der Waals surface area contributed by atoms with E-state index in [9.17, 15) is 4.79 Å². The molecular weight excluding hydrogens is 388 g/mol. The summed E-state index contributed by atoms with van der Waals surface area (Å²) in [6.07, 6.45) is 0. The van der Waals surface area contributed by atoms with Crippen molar-refractivity contribution in [3.05, 3.63) is 102 Å². The molecule has 0 unspecified atom stereocenters. The van der Waals surface area contributed by atoms with Gasteiger partial charge >= 0.3 is 5.97 Å². The lowest BCUT2D eigenvalue weighted by Gasteiger charge is -2.13. The molecule has 0 aromatic heterocycles. The molecule has 0 bridgehead atoms. The second-order valence-corrected chi connectivity index (χ2v) is 7.16. The van der Waals surface area contributed by atoms with Crippen LogP contribution in [0.4, 0.5) is 0 Å². The summed E-state index contributed by atoms with van der Waals surface area (Å²) in [6, 6.07) is 26.8. The van der Waals surface area contributed by atoms with Crippen molar-refractivity contribution in [1.29, 1.82) is 5.41 Å². The van der Waals surface area contributed by atoms with Gasteiger partial charge in [-0.15, -0.1) is 0 Å². The Bertz CT molecular complexity index is 1270. The smallest absolute Gasteiger partial charge is 0.338 e. The molecule has 0 spiro atoms. The van der Waals surface area contributed by atoms with E-state index >= 15 is 0 Å². The zero-order valence-electron chi connectivity index (χ0n) is 17.1.